The first-order valence-corrected chi connectivity index (χ1v) is 9.39. The maximum atomic E-state index is 11.2. The Labute approximate surface area is 129 Å². The van der Waals surface area contributed by atoms with Crippen LogP contribution >= 0.6 is 0 Å². The molecule has 1 aliphatic rings. The Morgan fingerprint density at radius 3 is 2.68 bits per heavy atom. The standard InChI is InChI=1S/C14H20N4O3S/c1-22(19,20)9-6-11(15)14-16-13(17-21-14)12(10-4-5-10)18-7-2-3-8-18/h2-3,7-8,10-12H,4-6,9,15H2,1H3/t11-,12+/m1/s1. The van der Waals surface area contributed by atoms with Crippen LogP contribution in [0.25, 0.3) is 0 Å². The molecule has 2 aromatic heterocycles. The maximum absolute atomic E-state index is 11.2. The van der Waals surface area contributed by atoms with E-state index < -0.39 is 15.9 Å². The van der Waals surface area contributed by atoms with Crippen LogP contribution in [0.5, 0.6) is 0 Å². The molecule has 7 nitrogen and oxygen atoms in total. The van der Waals surface area contributed by atoms with Crippen LogP contribution in [-0.2, 0) is 9.84 Å². The molecule has 2 atom stereocenters. The minimum atomic E-state index is -3.05. The molecule has 1 fully saturated rings. The van der Waals surface area contributed by atoms with Gasteiger partial charge in [-0.15, -0.1) is 0 Å². The Morgan fingerprint density at radius 1 is 1.41 bits per heavy atom. The first-order valence-electron chi connectivity index (χ1n) is 7.33. The van der Waals surface area contributed by atoms with Gasteiger partial charge in [-0.25, -0.2) is 8.42 Å². The topological polar surface area (TPSA) is 104 Å². The molecule has 0 amide bonds. The molecule has 1 aliphatic carbocycles. The van der Waals surface area contributed by atoms with Gasteiger partial charge in [0.1, 0.15) is 9.84 Å². The van der Waals surface area contributed by atoms with Gasteiger partial charge < -0.3 is 14.8 Å². The zero-order valence-electron chi connectivity index (χ0n) is 12.4. The smallest absolute Gasteiger partial charge is 0.243 e. The van der Waals surface area contributed by atoms with Crippen molar-refractivity contribution in [3.8, 4) is 0 Å². The van der Waals surface area contributed by atoms with E-state index in [1.54, 1.807) is 0 Å². The SMILES string of the molecule is CS(=O)(=O)CC[C@@H](N)c1nc([C@H](C2CC2)n2cccc2)no1. The van der Waals surface area contributed by atoms with Crippen LogP contribution in [0.3, 0.4) is 0 Å². The Hall–Kier alpha value is -1.67. The van der Waals surface area contributed by atoms with Crippen LogP contribution in [0.15, 0.2) is 29.0 Å². The van der Waals surface area contributed by atoms with E-state index in [1.165, 1.54) is 6.26 Å². The van der Waals surface area contributed by atoms with Crippen molar-refractivity contribution in [3.63, 3.8) is 0 Å². The lowest BCUT2D eigenvalue weighted by atomic mass is 10.1. The van der Waals surface area contributed by atoms with Gasteiger partial charge in [0.05, 0.1) is 17.8 Å². The van der Waals surface area contributed by atoms with Crippen molar-refractivity contribution in [1.29, 1.82) is 0 Å². The van der Waals surface area contributed by atoms with Gasteiger partial charge in [0.2, 0.25) is 5.89 Å². The summed E-state index contributed by atoms with van der Waals surface area (Å²) < 4.78 is 29.7. The summed E-state index contributed by atoms with van der Waals surface area (Å²) in [5, 5.41) is 4.06. The summed E-state index contributed by atoms with van der Waals surface area (Å²) in [4.78, 5) is 4.41. The number of aromatic nitrogens is 3. The van der Waals surface area contributed by atoms with E-state index in [0.29, 0.717) is 17.6 Å². The molecule has 0 bridgehead atoms. The summed E-state index contributed by atoms with van der Waals surface area (Å²) in [7, 11) is -3.05. The third-order valence-electron chi connectivity index (χ3n) is 3.86. The highest BCUT2D eigenvalue weighted by Gasteiger charge is 2.36. The van der Waals surface area contributed by atoms with Crippen molar-refractivity contribution in [2.45, 2.75) is 31.3 Å². The average molecular weight is 324 g/mol. The molecule has 2 aromatic rings. The van der Waals surface area contributed by atoms with Crippen LogP contribution in [0.2, 0.25) is 0 Å². The lowest BCUT2D eigenvalue weighted by Gasteiger charge is -2.14. The number of rotatable bonds is 7. The lowest BCUT2D eigenvalue weighted by Crippen LogP contribution is -2.17. The van der Waals surface area contributed by atoms with Crippen molar-refractivity contribution in [3.05, 3.63) is 36.2 Å². The quantitative estimate of drug-likeness (QED) is 0.823. The molecule has 22 heavy (non-hydrogen) atoms. The second-order valence-corrected chi connectivity index (χ2v) is 8.19. The summed E-state index contributed by atoms with van der Waals surface area (Å²) in [6, 6.07) is 3.44. The van der Waals surface area contributed by atoms with E-state index in [1.807, 2.05) is 24.5 Å². The van der Waals surface area contributed by atoms with Crippen LogP contribution < -0.4 is 5.73 Å². The first kappa shape index (κ1) is 15.2. The summed E-state index contributed by atoms with van der Waals surface area (Å²) in [6.07, 6.45) is 7.73. The molecule has 0 spiro atoms. The fraction of sp³-hybridized carbons (Fsp3) is 0.571. The summed E-state index contributed by atoms with van der Waals surface area (Å²) in [5.74, 6) is 1.44. The molecule has 1 saturated carbocycles. The Morgan fingerprint density at radius 2 is 2.09 bits per heavy atom. The van der Waals surface area contributed by atoms with Gasteiger partial charge in [-0.2, -0.15) is 4.98 Å². The summed E-state index contributed by atoms with van der Waals surface area (Å²) in [5.41, 5.74) is 5.96. The van der Waals surface area contributed by atoms with Crippen molar-refractivity contribution in [1.82, 2.24) is 14.7 Å². The van der Waals surface area contributed by atoms with Gasteiger partial charge in [-0.3, -0.25) is 0 Å². The minimum absolute atomic E-state index is 0.00946. The molecular weight excluding hydrogens is 304 g/mol. The molecule has 0 saturated heterocycles. The Kier molecular flexibility index (Phi) is 4.05. The highest BCUT2D eigenvalue weighted by atomic mass is 32.2. The predicted molar refractivity (Wildman–Crippen MR) is 80.8 cm³/mol. The molecule has 0 unspecified atom stereocenters. The molecule has 3 rings (SSSR count). The van der Waals surface area contributed by atoms with Gasteiger partial charge in [-0.1, -0.05) is 5.16 Å². The van der Waals surface area contributed by atoms with Crippen molar-refractivity contribution < 1.29 is 12.9 Å². The lowest BCUT2D eigenvalue weighted by molar-refractivity contribution is 0.341. The first-order chi connectivity index (χ1) is 10.4. The molecule has 120 valence electrons. The average Bonchev–Trinajstić information content (AvgIpc) is 2.94. The fourth-order valence-corrected chi connectivity index (χ4v) is 3.20. The number of nitrogens with two attached hydrogens (primary N) is 1. The van der Waals surface area contributed by atoms with Gasteiger partial charge >= 0.3 is 0 Å². The highest BCUT2D eigenvalue weighted by molar-refractivity contribution is 7.90. The Balaban J connectivity index is 1.75. The van der Waals surface area contributed by atoms with E-state index in [2.05, 4.69) is 14.7 Å². The van der Waals surface area contributed by atoms with Gasteiger partial charge in [0, 0.05) is 18.6 Å². The largest absolute Gasteiger partial charge is 0.343 e. The third kappa shape index (κ3) is 3.56. The third-order valence-corrected chi connectivity index (χ3v) is 4.83. The van der Waals surface area contributed by atoms with Gasteiger partial charge in [0.25, 0.3) is 0 Å². The van der Waals surface area contributed by atoms with E-state index in [0.717, 1.165) is 12.8 Å². The van der Waals surface area contributed by atoms with Crippen molar-refractivity contribution in [2.24, 2.45) is 11.7 Å². The monoisotopic (exact) mass is 324 g/mol. The van der Waals surface area contributed by atoms with Crippen LogP contribution in [0, 0.1) is 5.92 Å². The van der Waals surface area contributed by atoms with Gasteiger partial charge in [-0.05, 0) is 37.3 Å². The maximum Gasteiger partial charge on any atom is 0.243 e. The number of sulfone groups is 1. The number of nitrogens with zero attached hydrogens (tertiary/aromatic N) is 3. The summed E-state index contributed by atoms with van der Waals surface area (Å²) in [6.45, 7) is 0. The fourth-order valence-electron chi connectivity index (χ4n) is 2.52. The molecule has 0 aromatic carbocycles. The van der Waals surface area contributed by atoms with E-state index in [-0.39, 0.29) is 18.2 Å². The van der Waals surface area contributed by atoms with E-state index in [9.17, 15) is 8.42 Å². The molecule has 2 heterocycles. The summed E-state index contributed by atoms with van der Waals surface area (Å²) >= 11 is 0. The van der Waals surface area contributed by atoms with Crippen LogP contribution in [0.4, 0.5) is 0 Å². The number of hydrogen-bond donors (Lipinski definition) is 1. The Bertz CT molecular complexity index is 719. The second kappa shape index (κ2) is 5.85. The minimum Gasteiger partial charge on any atom is -0.343 e. The zero-order valence-corrected chi connectivity index (χ0v) is 13.2. The van der Waals surface area contributed by atoms with Crippen molar-refractivity contribution >= 4 is 9.84 Å². The van der Waals surface area contributed by atoms with E-state index >= 15 is 0 Å². The van der Waals surface area contributed by atoms with Crippen LogP contribution in [-0.4, -0.2) is 35.1 Å². The normalized spacial score (nSPS) is 18.3. The zero-order chi connectivity index (χ0) is 15.7. The molecule has 0 radical (unpaired) electrons. The second-order valence-electron chi connectivity index (χ2n) is 5.93. The van der Waals surface area contributed by atoms with Crippen molar-refractivity contribution in [2.75, 3.05) is 12.0 Å². The molecule has 0 aliphatic heterocycles. The molecule has 2 N–H and O–H groups in total. The predicted octanol–water partition coefficient (Wildman–Crippen LogP) is 1.30. The molecular formula is C14H20N4O3S. The molecule has 8 heteroatoms. The van der Waals surface area contributed by atoms with E-state index in [4.69, 9.17) is 10.3 Å². The highest BCUT2D eigenvalue weighted by Crippen LogP contribution is 2.42. The van der Waals surface area contributed by atoms with Crippen LogP contribution in [0.1, 0.15) is 43.1 Å². The van der Waals surface area contributed by atoms with Gasteiger partial charge in [0.15, 0.2) is 5.82 Å². The number of hydrogen-bond acceptors (Lipinski definition) is 6.